The number of amides is 1. The van der Waals surface area contributed by atoms with Gasteiger partial charge in [-0.15, -0.1) is 0 Å². The van der Waals surface area contributed by atoms with Crippen LogP contribution in [0.5, 0.6) is 0 Å². The van der Waals surface area contributed by atoms with E-state index < -0.39 is 0 Å². The molecule has 1 aliphatic heterocycles. The van der Waals surface area contributed by atoms with Gasteiger partial charge in [-0.25, -0.2) is 0 Å². The lowest BCUT2D eigenvalue weighted by molar-refractivity contribution is 0.0666. The molecule has 4 rings (SSSR count). The van der Waals surface area contributed by atoms with Crippen LogP contribution in [0.1, 0.15) is 54.0 Å². The number of hydrogen-bond acceptors (Lipinski definition) is 2. The van der Waals surface area contributed by atoms with Crippen LogP contribution in [-0.4, -0.2) is 26.6 Å². The molecule has 1 aromatic carbocycles. The van der Waals surface area contributed by atoms with E-state index in [0.29, 0.717) is 11.7 Å². The van der Waals surface area contributed by atoms with Gasteiger partial charge >= 0.3 is 0 Å². The number of benzene rings is 1. The van der Waals surface area contributed by atoms with Crippen molar-refractivity contribution in [3.8, 4) is 0 Å². The second kappa shape index (κ2) is 5.27. The van der Waals surface area contributed by atoms with Crippen LogP contribution >= 0.6 is 0 Å². The van der Waals surface area contributed by atoms with Crippen LogP contribution in [0, 0.1) is 0 Å². The van der Waals surface area contributed by atoms with Crippen LogP contribution in [0.4, 0.5) is 0 Å². The van der Waals surface area contributed by atoms with Crippen LogP contribution in [0.25, 0.3) is 0 Å². The molecule has 2 aliphatic rings. The van der Waals surface area contributed by atoms with Gasteiger partial charge in [0.2, 0.25) is 0 Å². The van der Waals surface area contributed by atoms with Crippen molar-refractivity contribution in [1.82, 2.24) is 14.7 Å². The first-order chi connectivity index (χ1) is 10.7. The van der Waals surface area contributed by atoms with E-state index in [4.69, 9.17) is 0 Å². The van der Waals surface area contributed by atoms with Crippen molar-refractivity contribution in [3.63, 3.8) is 0 Å². The highest BCUT2D eigenvalue weighted by molar-refractivity contribution is 5.93. The van der Waals surface area contributed by atoms with Gasteiger partial charge in [-0.2, -0.15) is 5.10 Å². The summed E-state index contributed by atoms with van der Waals surface area (Å²) in [4.78, 5) is 15.0. The minimum absolute atomic E-state index is 0.0840. The van der Waals surface area contributed by atoms with Crippen molar-refractivity contribution in [2.24, 2.45) is 0 Å². The van der Waals surface area contributed by atoms with E-state index in [1.165, 1.54) is 11.3 Å². The van der Waals surface area contributed by atoms with Crippen LogP contribution in [0.2, 0.25) is 0 Å². The molecule has 1 atom stereocenters. The zero-order valence-corrected chi connectivity index (χ0v) is 12.9. The molecule has 2 heterocycles. The molecular weight excluding hydrogens is 274 g/mol. The summed E-state index contributed by atoms with van der Waals surface area (Å²) in [5.74, 6) is 0.0840. The van der Waals surface area contributed by atoms with E-state index in [9.17, 15) is 4.79 Å². The van der Waals surface area contributed by atoms with Gasteiger partial charge in [0.25, 0.3) is 5.91 Å². The lowest BCUT2D eigenvalue weighted by atomic mass is 10.1. The SMILES string of the molecule is CC(c1ccccc1)N(C(=O)c1cc2n(n1)CCC2)C1CC1. The highest BCUT2D eigenvalue weighted by Crippen LogP contribution is 2.35. The molecule has 0 N–H and O–H groups in total. The second-order valence-electron chi connectivity index (χ2n) is 6.38. The van der Waals surface area contributed by atoms with Gasteiger partial charge in [-0.3, -0.25) is 9.48 Å². The fraction of sp³-hybridized carbons (Fsp3) is 0.444. The molecule has 1 aliphatic carbocycles. The van der Waals surface area contributed by atoms with Gasteiger partial charge in [-0.05, 0) is 44.2 Å². The van der Waals surface area contributed by atoms with Gasteiger partial charge in [-0.1, -0.05) is 30.3 Å². The van der Waals surface area contributed by atoms with Crippen LogP contribution in [0.3, 0.4) is 0 Å². The number of rotatable bonds is 4. The van der Waals surface area contributed by atoms with Gasteiger partial charge in [0.05, 0.1) is 6.04 Å². The maximum atomic E-state index is 13.0. The van der Waals surface area contributed by atoms with Crippen LogP contribution in [0.15, 0.2) is 36.4 Å². The van der Waals surface area contributed by atoms with E-state index in [2.05, 4.69) is 24.2 Å². The Morgan fingerprint density at radius 1 is 1.32 bits per heavy atom. The first-order valence-electron chi connectivity index (χ1n) is 8.18. The maximum absolute atomic E-state index is 13.0. The monoisotopic (exact) mass is 295 g/mol. The topological polar surface area (TPSA) is 38.1 Å². The molecule has 4 heteroatoms. The summed E-state index contributed by atoms with van der Waals surface area (Å²) in [5.41, 5.74) is 3.00. The number of carbonyl (C=O) groups is 1. The molecule has 0 radical (unpaired) electrons. The van der Waals surface area contributed by atoms with Crippen molar-refractivity contribution >= 4 is 5.91 Å². The highest BCUT2D eigenvalue weighted by Gasteiger charge is 2.37. The number of fused-ring (bicyclic) bond motifs is 1. The fourth-order valence-electron chi connectivity index (χ4n) is 3.40. The fourth-order valence-corrected chi connectivity index (χ4v) is 3.40. The minimum Gasteiger partial charge on any atom is -0.328 e. The third-order valence-corrected chi connectivity index (χ3v) is 4.76. The molecule has 4 nitrogen and oxygen atoms in total. The average Bonchev–Trinajstić information content (AvgIpc) is 3.12. The van der Waals surface area contributed by atoms with Gasteiger partial charge in [0.1, 0.15) is 0 Å². The van der Waals surface area contributed by atoms with E-state index >= 15 is 0 Å². The third-order valence-electron chi connectivity index (χ3n) is 4.76. The summed E-state index contributed by atoms with van der Waals surface area (Å²) in [6, 6.07) is 12.7. The zero-order chi connectivity index (χ0) is 15.1. The predicted molar refractivity (Wildman–Crippen MR) is 84.6 cm³/mol. The molecule has 22 heavy (non-hydrogen) atoms. The Bertz CT molecular complexity index is 666. The number of aromatic nitrogens is 2. The van der Waals surface area contributed by atoms with E-state index in [0.717, 1.165) is 32.2 Å². The molecule has 0 spiro atoms. The standard InChI is InChI=1S/C18H21N3O/c1-13(14-6-3-2-4-7-14)21(15-9-10-15)18(22)17-12-16-8-5-11-20(16)19-17/h2-4,6-7,12-13,15H,5,8-11H2,1H3. The van der Waals surface area contributed by atoms with Crippen molar-refractivity contribution in [2.75, 3.05) is 0 Å². The van der Waals surface area contributed by atoms with Gasteiger partial charge in [0.15, 0.2) is 5.69 Å². The van der Waals surface area contributed by atoms with Crippen molar-refractivity contribution < 1.29 is 4.79 Å². The first-order valence-corrected chi connectivity index (χ1v) is 8.18. The summed E-state index contributed by atoms with van der Waals surface area (Å²) < 4.78 is 1.99. The number of hydrogen-bond donors (Lipinski definition) is 0. The molecular formula is C18H21N3O. The zero-order valence-electron chi connectivity index (χ0n) is 12.9. The van der Waals surface area contributed by atoms with Crippen LogP contribution in [-0.2, 0) is 13.0 Å². The smallest absolute Gasteiger partial charge is 0.275 e. The summed E-state index contributed by atoms with van der Waals surface area (Å²) >= 11 is 0. The van der Waals surface area contributed by atoms with E-state index in [1.807, 2.05) is 33.8 Å². The minimum atomic E-state index is 0.0840. The molecule has 0 bridgehead atoms. The Balaban J connectivity index is 1.62. The van der Waals surface area contributed by atoms with Crippen molar-refractivity contribution in [2.45, 2.75) is 51.2 Å². The Morgan fingerprint density at radius 3 is 2.77 bits per heavy atom. The van der Waals surface area contributed by atoms with E-state index in [-0.39, 0.29) is 11.9 Å². The summed E-state index contributed by atoms with van der Waals surface area (Å²) in [6.07, 6.45) is 4.40. The second-order valence-corrected chi connectivity index (χ2v) is 6.38. The Morgan fingerprint density at radius 2 is 2.09 bits per heavy atom. The normalized spacial score (nSPS) is 18.0. The average molecular weight is 295 g/mol. The molecule has 1 aromatic heterocycles. The molecule has 0 saturated heterocycles. The number of nitrogens with zero attached hydrogens (tertiary/aromatic N) is 3. The maximum Gasteiger partial charge on any atom is 0.275 e. The largest absolute Gasteiger partial charge is 0.328 e. The predicted octanol–water partition coefficient (Wildman–Crippen LogP) is 3.20. The highest BCUT2D eigenvalue weighted by atomic mass is 16.2. The summed E-state index contributed by atoms with van der Waals surface area (Å²) in [6.45, 7) is 3.07. The number of carbonyl (C=O) groups excluding carboxylic acids is 1. The van der Waals surface area contributed by atoms with Crippen molar-refractivity contribution in [3.05, 3.63) is 53.3 Å². The Kier molecular flexibility index (Phi) is 3.25. The Hall–Kier alpha value is -2.10. The number of aryl methyl sites for hydroxylation is 2. The lowest BCUT2D eigenvalue weighted by Crippen LogP contribution is -2.36. The molecule has 1 fully saturated rings. The van der Waals surface area contributed by atoms with Gasteiger partial charge in [0, 0.05) is 18.3 Å². The van der Waals surface area contributed by atoms with Crippen LogP contribution < -0.4 is 0 Å². The first kappa shape index (κ1) is 13.6. The van der Waals surface area contributed by atoms with E-state index in [1.54, 1.807) is 0 Å². The van der Waals surface area contributed by atoms with Gasteiger partial charge < -0.3 is 4.90 Å². The van der Waals surface area contributed by atoms with Crippen molar-refractivity contribution in [1.29, 1.82) is 0 Å². The summed E-state index contributed by atoms with van der Waals surface area (Å²) in [5, 5.41) is 4.52. The molecule has 114 valence electrons. The molecule has 2 aromatic rings. The molecule has 1 unspecified atom stereocenters. The molecule has 1 amide bonds. The summed E-state index contributed by atoms with van der Waals surface area (Å²) in [7, 11) is 0. The molecule has 1 saturated carbocycles. The quantitative estimate of drug-likeness (QED) is 0.869. The third kappa shape index (κ3) is 2.32. The Labute approximate surface area is 130 Å². The lowest BCUT2D eigenvalue weighted by Gasteiger charge is -2.29.